The fourth-order valence-corrected chi connectivity index (χ4v) is 1.55. The van der Waals surface area contributed by atoms with E-state index < -0.39 is 5.97 Å². The number of hydrogen-bond donors (Lipinski definition) is 1. The van der Waals surface area contributed by atoms with Crippen LogP contribution in [-0.4, -0.2) is 35.0 Å². The second-order valence-corrected chi connectivity index (χ2v) is 3.35. The Bertz CT molecular complexity index is 214. The molecule has 1 aliphatic rings. The summed E-state index contributed by atoms with van der Waals surface area (Å²) in [5.41, 5.74) is 0. The number of rotatable bonds is 1. The van der Waals surface area contributed by atoms with E-state index in [1.165, 1.54) is 6.92 Å². The van der Waals surface area contributed by atoms with E-state index in [9.17, 15) is 9.59 Å². The lowest BCUT2D eigenvalue weighted by Gasteiger charge is -2.11. The van der Waals surface area contributed by atoms with Gasteiger partial charge in [-0.3, -0.25) is 9.59 Å². The van der Waals surface area contributed by atoms with Gasteiger partial charge < -0.3 is 10.0 Å². The number of carboxylic acids is 1. The zero-order chi connectivity index (χ0) is 9.30. The Balaban J connectivity index is 2.62. The van der Waals surface area contributed by atoms with Crippen molar-refractivity contribution >= 4 is 11.9 Å². The van der Waals surface area contributed by atoms with Gasteiger partial charge in [0, 0.05) is 20.0 Å². The Morgan fingerprint density at radius 3 is 2.25 bits per heavy atom. The molecule has 4 nitrogen and oxygen atoms in total. The minimum Gasteiger partial charge on any atom is -0.481 e. The van der Waals surface area contributed by atoms with Gasteiger partial charge in [-0.25, -0.2) is 0 Å². The molecule has 0 aromatic rings. The summed E-state index contributed by atoms with van der Waals surface area (Å²) < 4.78 is 0. The normalized spacial score (nSPS) is 29.0. The van der Waals surface area contributed by atoms with Crippen molar-refractivity contribution in [3.63, 3.8) is 0 Å². The molecule has 1 aliphatic heterocycles. The lowest BCUT2D eigenvalue weighted by Crippen LogP contribution is -2.27. The molecule has 2 atom stereocenters. The summed E-state index contributed by atoms with van der Waals surface area (Å²) in [7, 11) is 0. The molecule has 1 rings (SSSR count). The highest BCUT2D eigenvalue weighted by molar-refractivity contribution is 5.77. The Kier molecular flexibility index (Phi) is 2.35. The van der Waals surface area contributed by atoms with Crippen LogP contribution in [0, 0.1) is 11.8 Å². The van der Waals surface area contributed by atoms with Crippen molar-refractivity contribution in [3.05, 3.63) is 0 Å². The van der Waals surface area contributed by atoms with E-state index in [0.717, 1.165) is 0 Å². The predicted octanol–water partition coefficient (Wildman–Crippen LogP) is 0.185. The molecule has 12 heavy (non-hydrogen) atoms. The van der Waals surface area contributed by atoms with Gasteiger partial charge in [-0.2, -0.15) is 0 Å². The monoisotopic (exact) mass is 171 g/mol. The van der Waals surface area contributed by atoms with Gasteiger partial charge in [-0.1, -0.05) is 6.92 Å². The van der Waals surface area contributed by atoms with Crippen LogP contribution in [0.1, 0.15) is 13.8 Å². The highest BCUT2D eigenvalue weighted by atomic mass is 16.4. The molecular formula is C8H13NO3. The van der Waals surface area contributed by atoms with Crippen molar-refractivity contribution in [3.8, 4) is 0 Å². The van der Waals surface area contributed by atoms with E-state index in [2.05, 4.69) is 0 Å². The molecule has 1 heterocycles. The fraction of sp³-hybridized carbons (Fsp3) is 0.750. The first-order valence-corrected chi connectivity index (χ1v) is 4.00. The van der Waals surface area contributed by atoms with E-state index >= 15 is 0 Å². The van der Waals surface area contributed by atoms with Crippen LogP contribution in [0.5, 0.6) is 0 Å². The Morgan fingerprint density at radius 1 is 1.42 bits per heavy atom. The van der Waals surface area contributed by atoms with Gasteiger partial charge >= 0.3 is 5.97 Å². The summed E-state index contributed by atoms with van der Waals surface area (Å²) in [6.07, 6.45) is 0. The molecule has 0 unspecified atom stereocenters. The third kappa shape index (κ3) is 1.57. The standard InChI is InChI=1S/C8H13NO3/c1-5-3-9(6(2)10)4-7(5)8(11)12/h5,7H,3-4H2,1-2H3,(H,11,12)/t5-,7-/m1/s1. The minimum atomic E-state index is -0.800. The van der Waals surface area contributed by atoms with E-state index in [-0.39, 0.29) is 17.7 Å². The largest absolute Gasteiger partial charge is 0.481 e. The first-order chi connectivity index (χ1) is 5.52. The summed E-state index contributed by atoms with van der Waals surface area (Å²) in [6, 6.07) is 0. The maximum absolute atomic E-state index is 10.9. The van der Waals surface area contributed by atoms with Gasteiger partial charge in [0.1, 0.15) is 0 Å². The van der Waals surface area contributed by atoms with Gasteiger partial charge in [0.25, 0.3) is 0 Å². The van der Waals surface area contributed by atoms with E-state index in [1.54, 1.807) is 4.90 Å². The molecule has 1 fully saturated rings. The topological polar surface area (TPSA) is 57.6 Å². The van der Waals surface area contributed by atoms with Crippen LogP contribution < -0.4 is 0 Å². The van der Waals surface area contributed by atoms with Crippen molar-refractivity contribution in [1.29, 1.82) is 0 Å². The second kappa shape index (κ2) is 3.13. The number of nitrogens with zero attached hydrogens (tertiary/aromatic N) is 1. The van der Waals surface area contributed by atoms with E-state index in [4.69, 9.17) is 5.11 Å². The number of carbonyl (C=O) groups excluding carboxylic acids is 1. The summed E-state index contributed by atoms with van der Waals surface area (Å²) >= 11 is 0. The number of hydrogen-bond acceptors (Lipinski definition) is 2. The molecular weight excluding hydrogens is 158 g/mol. The molecule has 0 aromatic carbocycles. The van der Waals surface area contributed by atoms with E-state index in [1.807, 2.05) is 6.92 Å². The maximum atomic E-state index is 10.9. The van der Waals surface area contributed by atoms with Crippen LogP contribution in [0.3, 0.4) is 0 Å². The van der Waals surface area contributed by atoms with Crippen molar-refractivity contribution in [2.45, 2.75) is 13.8 Å². The molecule has 0 aromatic heterocycles. The Hall–Kier alpha value is -1.06. The molecule has 4 heteroatoms. The molecule has 0 saturated carbocycles. The van der Waals surface area contributed by atoms with Gasteiger partial charge in [0.15, 0.2) is 0 Å². The third-order valence-corrected chi connectivity index (χ3v) is 2.37. The van der Waals surface area contributed by atoms with Gasteiger partial charge in [-0.15, -0.1) is 0 Å². The van der Waals surface area contributed by atoms with Crippen LogP contribution in [0.4, 0.5) is 0 Å². The number of carbonyl (C=O) groups is 2. The molecule has 0 radical (unpaired) electrons. The lowest BCUT2D eigenvalue weighted by atomic mass is 9.99. The summed E-state index contributed by atoms with van der Waals surface area (Å²) in [5, 5.41) is 8.75. The van der Waals surface area contributed by atoms with Crippen molar-refractivity contribution < 1.29 is 14.7 Å². The third-order valence-electron chi connectivity index (χ3n) is 2.37. The van der Waals surface area contributed by atoms with Crippen molar-refractivity contribution in [2.24, 2.45) is 11.8 Å². The van der Waals surface area contributed by atoms with Crippen LogP contribution in [0.25, 0.3) is 0 Å². The first kappa shape index (κ1) is 9.03. The van der Waals surface area contributed by atoms with Crippen molar-refractivity contribution in [2.75, 3.05) is 13.1 Å². The molecule has 1 amide bonds. The number of amides is 1. The minimum absolute atomic E-state index is 0.0365. The van der Waals surface area contributed by atoms with Crippen molar-refractivity contribution in [1.82, 2.24) is 4.90 Å². The smallest absolute Gasteiger partial charge is 0.308 e. The quantitative estimate of drug-likeness (QED) is 0.612. The number of aliphatic carboxylic acids is 1. The average Bonchev–Trinajstić information content (AvgIpc) is 2.30. The summed E-state index contributed by atoms with van der Waals surface area (Å²) in [6.45, 7) is 4.27. The lowest BCUT2D eigenvalue weighted by molar-refractivity contribution is -0.142. The van der Waals surface area contributed by atoms with Gasteiger partial charge in [0.2, 0.25) is 5.91 Å². The summed E-state index contributed by atoms with van der Waals surface area (Å²) in [4.78, 5) is 23.1. The highest BCUT2D eigenvalue weighted by Crippen LogP contribution is 2.22. The van der Waals surface area contributed by atoms with Gasteiger partial charge in [0.05, 0.1) is 5.92 Å². The summed E-state index contributed by atoms with van der Waals surface area (Å²) in [5.74, 6) is -1.14. The average molecular weight is 171 g/mol. The Morgan fingerprint density at radius 2 is 2.00 bits per heavy atom. The van der Waals surface area contributed by atoms with Gasteiger partial charge in [-0.05, 0) is 5.92 Å². The van der Waals surface area contributed by atoms with Crippen LogP contribution >= 0.6 is 0 Å². The second-order valence-electron chi connectivity index (χ2n) is 3.35. The maximum Gasteiger partial charge on any atom is 0.308 e. The first-order valence-electron chi connectivity index (χ1n) is 4.00. The molecule has 0 spiro atoms. The predicted molar refractivity (Wildman–Crippen MR) is 42.5 cm³/mol. The molecule has 1 N–H and O–H groups in total. The van der Waals surface area contributed by atoms with Crippen LogP contribution in [0.15, 0.2) is 0 Å². The molecule has 0 bridgehead atoms. The van der Waals surface area contributed by atoms with Crippen LogP contribution in [-0.2, 0) is 9.59 Å². The molecule has 68 valence electrons. The fourth-order valence-electron chi connectivity index (χ4n) is 1.55. The number of likely N-dealkylation sites (tertiary alicyclic amines) is 1. The Labute approximate surface area is 71.2 Å². The van der Waals surface area contributed by atoms with E-state index in [0.29, 0.717) is 13.1 Å². The SMILES string of the molecule is CC(=O)N1C[C@@H](C)[C@H](C(=O)O)C1. The number of carboxylic acid groups (broad SMARTS) is 1. The zero-order valence-corrected chi connectivity index (χ0v) is 7.28. The molecule has 1 saturated heterocycles. The zero-order valence-electron chi connectivity index (χ0n) is 7.28. The highest BCUT2D eigenvalue weighted by Gasteiger charge is 2.35. The molecule has 0 aliphatic carbocycles. The van der Waals surface area contributed by atoms with Crippen LogP contribution in [0.2, 0.25) is 0 Å².